The lowest BCUT2D eigenvalue weighted by atomic mass is 9.91. The van der Waals surface area contributed by atoms with Gasteiger partial charge >= 0.3 is 12.1 Å². The molecule has 0 unspecified atom stereocenters. The predicted molar refractivity (Wildman–Crippen MR) is 111 cm³/mol. The van der Waals surface area contributed by atoms with Gasteiger partial charge in [0.1, 0.15) is 11.8 Å². The Labute approximate surface area is 189 Å². The number of amides is 1. The summed E-state index contributed by atoms with van der Waals surface area (Å²) < 4.78 is 45.5. The minimum Gasteiger partial charge on any atom is -0.478 e. The lowest BCUT2D eigenvalue weighted by Gasteiger charge is -2.39. The summed E-state index contributed by atoms with van der Waals surface area (Å²) in [5.74, 6) is 0.403. The van der Waals surface area contributed by atoms with Crippen molar-refractivity contribution < 1.29 is 32.6 Å². The van der Waals surface area contributed by atoms with Gasteiger partial charge in [-0.15, -0.1) is 6.42 Å². The van der Waals surface area contributed by atoms with Crippen molar-refractivity contribution in [2.45, 2.75) is 68.9 Å². The van der Waals surface area contributed by atoms with Crippen LogP contribution in [0.3, 0.4) is 0 Å². The van der Waals surface area contributed by atoms with E-state index >= 15 is 0 Å². The Kier molecular flexibility index (Phi) is 7.19. The van der Waals surface area contributed by atoms with Crippen LogP contribution >= 0.6 is 0 Å². The Balaban J connectivity index is 1.81. The van der Waals surface area contributed by atoms with Crippen LogP contribution in [0.4, 0.5) is 13.2 Å². The van der Waals surface area contributed by atoms with E-state index in [1.54, 1.807) is 0 Å². The first-order valence-corrected chi connectivity index (χ1v) is 10.7. The van der Waals surface area contributed by atoms with E-state index in [1.165, 1.54) is 4.90 Å². The first-order chi connectivity index (χ1) is 15.6. The van der Waals surface area contributed by atoms with E-state index in [9.17, 15) is 33.1 Å². The zero-order chi connectivity index (χ0) is 24.2. The monoisotopic (exact) mass is 463 g/mol. The predicted octanol–water partition coefficient (Wildman–Crippen LogP) is 3.55. The third kappa shape index (κ3) is 5.40. The summed E-state index contributed by atoms with van der Waals surface area (Å²) in [7, 11) is 0. The molecule has 1 aliphatic carbocycles. The second-order valence-corrected chi connectivity index (χ2v) is 8.23. The van der Waals surface area contributed by atoms with Gasteiger partial charge in [-0.3, -0.25) is 10.1 Å². The van der Waals surface area contributed by atoms with Crippen molar-refractivity contribution in [2.24, 2.45) is 0 Å². The summed E-state index contributed by atoms with van der Waals surface area (Å²) in [6.45, 7) is -0.178. The molecule has 0 radical (unpaired) electrons. The molecule has 2 fully saturated rings. The maximum Gasteiger partial charge on any atom is 0.417 e. The Morgan fingerprint density at radius 3 is 2.48 bits per heavy atom. The second-order valence-electron chi connectivity index (χ2n) is 8.23. The maximum atomic E-state index is 13.2. The lowest BCUT2D eigenvalue weighted by molar-refractivity contribution is -0.138. The van der Waals surface area contributed by atoms with Crippen LogP contribution in [-0.4, -0.2) is 46.2 Å². The molecule has 1 aromatic rings. The molecule has 1 saturated heterocycles. The van der Waals surface area contributed by atoms with Crippen molar-refractivity contribution in [3.63, 3.8) is 0 Å². The van der Waals surface area contributed by atoms with E-state index in [1.807, 2.05) is 0 Å². The van der Waals surface area contributed by atoms with Gasteiger partial charge in [-0.25, -0.2) is 4.79 Å². The quantitative estimate of drug-likeness (QED) is 0.494. The molecule has 1 aliphatic heterocycles. The Morgan fingerprint density at radius 1 is 1.24 bits per heavy atom. The van der Waals surface area contributed by atoms with E-state index < -0.39 is 41.1 Å². The highest BCUT2D eigenvalue weighted by Gasteiger charge is 2.40. The van der Waals surface area contributed by atoms with Gasteiger partial charge in [0.25, 0.3) is 0 Å². The number of hydrogen-bond donors (Lipinski definition) is 2. The number of carboxylic acids is 1. The molecule has 2 atom stereocenters. The van der Waals surface area contributed by atoms with Crippen LogP contribution in [0.25, 0.3) is 0 Å². The standard InChI is InChI=1S/C23H24F3N3O4/c1-2-15-6-7-16(13-27)29(15)20(30)14-28-22(10-4-3-5-11-22)33-17-8-9-19(23(24,25)26)18(12-17)21(31)32/h1,8-9,12,15-16,28H,3-7,10-11,14H2,(H,31,32)/t15-,16-/m0/s1. The highest BCUT2D eigenvalue weighted by atomic mass is 19.4. The molecule has 1 amide bonds. The van der Waals surface area contributed by atoms with Crippen LogP contribution in [0.1, 0.15) is 60.9 Å². The first kappa shape index (κ1) is 24.4. The van der Waals surface area contributed by atoms with Crippen LogP contribution in [0.5, 0.6) is 5.75 Å². The van der Waals surface area contributed by atoms with Crippen molar-refractivity contribution in [1.29, 1.82) is 5.26 Å². The largest absolute Gasteiger partial charge is 0.478 e. The van der Waals surface area contributed by atoms with Gasteiger partial charge < -0.3 is 14.7 Å². The highest BCUT2D eigenvalue weighted by Crippen LogP contribution is 2.36. The summed E-state index contributed by atoms with van der Waals surface area (Å²) in [6.07, 6.45) is 5.09. The highest BCUT2D eigenvalue weighted by molar-refractivity contribution is 5.90. The molecule has 1 heterocycles. The van der Waals surface area contributed by atoms with Crippen LogP contribution in [0, 0.1) is 23.7 Å². The van der Waals surface area contributed by atoms with Gasteiger partial charge in [0.05, 0.1) is 29.8 Å². The molecular weight excluding hydrogens is 439 g/mol. The molecule has 0 bridgehead atoms. The molecule has 176 valence electrons. The summed E-state index contributed by atoms with van der Waals surface area (Å²) in [6, 6.07) is 3.61. The number of ether oxygens (including phenoxy) is 1. The van der Waals surface area contributed by atoms with Crippen LogP contribution in [-0.2, 0) is 11.0 Å². The van der Waals surface area contributed by atoms with E-state index in [0.717, 1.165) is 31.4 Å². The van der Waals surface area contributed by atoms with E-state index in [2.05, 4.69) is 17.3 Å². The number of benzene rings is 1. The minimum atomic E-state index is -4.82. The normalized spacial score (nSPS) is 22.3. The Morgan fingerprint density at radius 2 is 1.91 bits per heavy atom. The molecule has 0 spiro atoms. The molecule has 2 aliphatic rings. The zero-order valence-corrected chi connectivity index (χ0v) is 17.8. The number of nitrogens with zero attached hydrogens (tertiary/aromatic N) is 2. The smallest absolute Gasteiger partial charge is 0.417 e. The van der Waals surface area contributed by atoms with Gasteiger partial charge in [0.15, 0.2) is 5.72 Å². The number of hydrogen-bond acceptors (Lipinski definition) is 5. The van der Waals surface area contributed by atoms with Crippen LogP contribution in [0.15, 0.2) is 18.2 Å². The lowest BCUT2D eigenvalue weighted by Crippen LogP contribution is -2.56. The molecule has 33 heavy (non-hydrogen) atoms. The number of rotatable bonds is 6. The third-order valence-corrected chi connectivity index (χ3v) is 6.08. The van der Waals surface area contributed by atoms with Gasteiger partial charge in [-0.05, 0) is 43.9 Å². The second kappa shape index (κ2) is 9.72. The van der Waals surface area contributed by atoms with Crippen LogP contribution in [0.2, 0.25) is 0 Å². The van der Waals surface area contributed by atoms with Crippen molar-refractivity contribution in [3.05, 3.63) is 29.3 Å². The van der Waals surface area contributed by atoms with E-state index in [0.29, 0.717) is 31.7 Å². The summed E-state index contributed by atoms with van der Waals surface area (Å²) in [5, 5.41) is 21.7. The number of alkyl halides is 3. The van der Waals surface area contributed by atoms with Crippen molar-refractivity contribution in [1.82, 2.24) is 10.2 Å². The number of aromatic carboxylic acids is 1. The molecule has 3 rings (SSSR count). The van der Waals surface area contributed by atoms with E-state index in [4.69, 9.17) is 11.2 Å². The SMILES string of the molecule is C#C[C@H]1CC[C@@H](C#N)N1C(=O)CNC1(Oc2ccc(C(F)(F)F)c(C(=O)O)c2)CCCCC1. The molecule has 1 aromatic carbocycles. The molecule has 7 nitrogen and oxygen atoms in total. The number of carboxylic acid groups (broad SMARTS) is 1. The number of likely N-dealkylation sites (tertiary alicyclic amines) is 1. The molecular formula is C23H24F3N3O4. The molecule has 10 heteroatoms. The Bertz CT molecular complexity index is 968. The number of carbonyl (C=O) groups excluding carboxylic acids is 1. The fourth-order valence-corrected chi connectivity index (χ4v) is 4.45. The summed E-state index contributed by atoms with van der Waals surface area (Å²) >= 11 is 0. The minimum absolute atomic E-state index is 0.0418. The van der Waals surface area contributed by atoms with Gasteiger partial charge in [0.2, 0.25) is 5.91 Å². The Hall–Kier alpha value is -3.24. The van der Waals surface area contributed by atoms with Gasteiger partial charge in [-0.1, -0.05) is 12.3 Å². The fourth-order valence-electron chi connectivity index (χ4n) is 4.45. The average Bonchev–Trinajstić information content (AvgIpc) is 3.20. The van der Waals surface area contributed by atoms with Gasteiger partial charge in [0, 0.05) is 12.8 Å². The zero-order valence-electron chi connectivity index (χ0n) is 17.8. The molecule has 0 aromatic heterocycles. The maximum absolute atomic E-state index is 13.2. The number of terminal acetylenes is 1. The summed E-state index contributed by atoms with van der Waals surface area (Å²) in [5.41, 5.74) is -3.23. The molecule has 2 N–H and O–H groups in total. The van der Waals surface area contributed by atoms with Crippen molar-refractivity contribution in [2.75, 3.05) is 6.54 Å². The van der Waals surface area contributed by atoms with Crippen LogP contribution < -0.4 is 10.1 Å². The van der Waals surface area contributed by atoms with E-state index in [-0.39, 0.29) is 18.2 Å². The number of halogens is 3. The van der Waals surface area contributed by atoms with Crippen molar-refractivity contribution in [3.8, 4) is 24.2 Å². The fraction of sp³-hybridized carbons (Fsp3) is 0.522. The van der Waals surface area contributed by atoms with Gasteiger partial charge in [-0.2, -0.15) is 18.4 Å². The van der Waals surface area contributed by atoms with Crippen molar-refractivity contribution >= 4 is 11.9 Å². The number of carbonyl (C=O) groups is 2. The average molecular weight is 463 g/mol. The third-order valence-electron chi connectivity index (χ3n) is 6.08. The number of nitriles is 1. The summed E-state index contributed by atoms with van der Waals surface area (Å²) in [4.78, 5) is 25.7. The molecule has 1 saturated carbocycles. The number of nitrogens with one attached hydrogen (secondary N) is 1. The topological polar surface area (TPSA) is 103 Å². The first-order valence-electron chi connectivity index (χ1n) is 10.7.